The zero-order valence-electron chi connectivity index (χ0n) is 15.1. The van der Waals surface area contributed by atoms with Crippen LogP contribution >= 0.6 is 0 Å². The number of benzene rings is 2. The number of para-hydroxylation sites is 1. The van der Waals surface area contributed by atoms with E-state index in [1.807, 2.05) is 55.5 Å². The fourth-order valence-electron chi connectivity index (χ4n) is 4.07. The highest BCUT2D eigenvalue weighted by Gasteiger charge is 2.54. The van der Waals surface area contributed by atoms with Gasteiger partial charge in [0.05, 0.1) is 5.41 Å². The predicted molar refractivity (Wildman–Crippen MR) is 99.4 cm³/mol. The summed E-state index contributed by atoms with van der Waals surface area (Å²) in [4.78, 5) is 29.0. The molecule has 0 aliphatic carbocycles. The standard InChI is InChI=1S/C21H22N2O3/c1-15-6-5-7-16(12-15)26-13-19(24)23-11-10-21(14-23)17-8-3-4-9-18(17)22(2)20(21)25/h3-9,12H,10-11,13-14H2,1-2H3. The Labute approximate surface area is 153 Å². The van der Waals surface area contributed by atoms with Crippen LogP contribution in [0.4, 0.5) is 5.69 Å². The van der Waals surface area contributed by atoms with Gasteiger partial charge in [0.2, 0.25) is 5.91 Å². The van der Waals surface area contributed by atoms with Crippen molar-refractivity contribution in [2.45, 2.75) is 18.8 Å². The van der Waals surface area contributed by atoms with Gasteiger partial charge in [-0.25, -0.2) is 0 Å². The first-order valence-electron chi connectivity index (χ1n) is 8.86. The molecule has 0 bridgehead atoms. The highest BCUT2D eigenvalue weighted by molar-refractivity contribution is 6.08. The first-order valence-corrected chi connectivity index (χ1v) is 8.86. The zero-order chi connectivity index (χ0) is 18.3. The minimum atomic E-state index is -0.607. The topological polar surface area (TPSA) is 49.9 Å². The van der Waals surface area contributed by atoms with Gasteiger partial charge in [0.25, 0.3) is 5.91 Å². The van der Waals surface area contributed by atoms with E-state index >= 15 is 0 Å². The van der Waals surface area contributed by atoms with E-state index in [4.69, 9.17) is 4.74 Å². The molecule has 2 aromatic carbocycles. The average molecular weight is 350 g/mol. The van der Waals surface area contributed by atoms with Crippen molar-refractivity contribution in [3.8, 4) is 5.75 Å². The van der Waals surface area contributed by atoms with Crippen molar-refractivity contribution in [1.82, 2.24) is 4.90 Å². The van der Waals surface area contributed by atoms with Crippen LogP contribution < -0.4 is 9.64 Å². The Morgan fingerprint density at radius 3 is 2.81 bits per heavy atom. The summed E-state index contributed by atoms with van der Waals surface area (Å²) in [5.41, 5.74) is 2.46. The van der Waals surface area contributed by atoms with E-state index in [0.717, 1.165) is 16.8 Å². The summed E-state index contributed by atoms with van der Waals surface area (Å²) in [5, 5.41) is 0. The zero-order valence-corrected chi connectivity index (χ0v) is 15.1. The third-order valence-corrected chi connectivity index (χ3v) is 5.47. The summed E-state index contributed by atoms with van der Waals surface area (Å²) in [6, 6.07) is 15.5. The van der Waals surface area contributed by atoms with Crippen LogP contribution in [-0.2, 0) is 15.0 Å². The molecular formula is C21H22N2O3. The second kappa shape index (κ2) is 6.16. The van der Waals surface area contributed by atoms with Crippen molar-refractivity contribution in [1.29, 1.82) is 0 Å². The van der Waals surface area contributed by atoms with Crippen molar-refractivity contribution in [3.63, 3.8) is 0 Å². The molecule has 1 atom stereocenters. The van der Waals surface area contributed by atoms with Gasteiger partial charge in [-0.2, -0.15) is 0 Å². The van der Waals surface area contributed by atoms with Crippen LogP contribution in [0.5, 0.6) is 5.75 Å². The van der Waals surface area contributed by atoms with E-state index in [0.29, 0.717) is 25.3 Å². The third kappa shape index (κ3) is 2.55. The number of ether oxygens (including phenoxy) is 1. The lowest BCUT2D eigenvalue weighted by Crippen LogP contribution is -2.42. The first kappa shape index (κ1) is 16.6. The number of nitrogens with zero attached hydrogens (tertiary/aromatic N) is 2. The minimum absolute atomic E-state index is 0.00872. The molecular weight excluding hydrogens is 328 g/mol. The smallest absolute Gasteiger partial charge is 0.260 e. The molecule has 4 rings (SSSR count). The number of anilines is 1. The third-order valence-electron chi connectivity index (χ3n) is 5.47. The first-order chi connectivity index (χ1) is 12.5. The Morgan fingerprint density at radius 1 is 1.19 bits per heavy atom. The maximum atomic E-state index is 12.9. The second-order valence-corrected chi connectivity index (χ2v) is 7.13. The number of likely N-dealkylation sites (N-methyl/N-ethyl adjacent to an activating group) is 1. The fraction of sp³-hybridized carbons (Fsp3) is 0.333. The molecule has 0 N–H and O–H groups in total. The van der Waals surface area contributed by atoms with E-state index in [1.165, 1.54) is 0 Å². The number of hydrogen-bond acceptors (Lipinski definition) is 3. The van der Waals surface area contributed by atoms with Gasteiger partial charge in [0, 0.05) is 25.8 Å². The minimum Gasteiger partial charge on any atom is -0.484 e. The lowest BCUT2D eigenvalue weighted by atomic mass is 9.81. The van der Waals surface area contributed by atoms with E-state index in [9.17, 15) is 9.59 Å². The number of amides is 2. The monoisotopic (exact) mass is 350 g/mol. The van der Waals surface area contributed by atoms with Crippen LogP contribution in [0.3, 0.4) is 0 Å². The number of rotatable bonds is 3. The van der Waals surface area contributed by atoms with Gasteiger partial charge in [-0.1, -0.05) is 30.3 Å². The van der Waals surface area contributed by atoms with E-state index < -0.39 is 5.41 Å². The number of carbonyl (C=O) groups excluding carboxylic acids is 2. The number of carbonyl (C=O) groups is 2. The summed E-state index contributed by atoms with van der Waals surface area (Å²) in [6.07, 6.45) is 0.656. The van der Waals surface area contributed by atoms with Gasteiger partial charge in [0.15, 0.2) is 6.61 Å². The number of aryl methyl sites for hydroxylation is 1. The van der Waals surface area contributed by atoms with Gasteiger partial charge in [-0.05, 0) is 42.7 Å². The molecule has 2 aliphatic rings. The normalized spacial score (nSPS) is 21.4. The maximum Gasteiger partial charge on any atom is 0.260 e. The van der Waals surface area contributed by atoms with Crippen molar-refractivity contribution in [2.75, 3.05) is 31.6 Å². The van der Waals surface area contributed by atoms with Crippen LogP contribution in [0.25, 0.3) is 0 Å². The summed E-state index contributed by atoms with van der Waals surface area (Å²) < 4.78 is 5.64. The van der Waals surface area contributed by atoms with Crippen LogP contribution in [0.2, 0.25) is 0 Å². The quantitative estimate of drug-likeness (QED) is 0.855. The maximum absolute atomic E-state index is 12.9. The van der Waals surface area contributed by atoms with Crippen LogP contribution in [0.15, 0.2) is 48.5 Å². The molecule has 2 heterocycles. The van der Waals surface area contributed by atoms with Crippen molar-refractivity contribution < 1.29 is 14.3 Å². The molecule has 2 amide bonds. The molecule has 134 valence electrons. The van der Waals surface area contributed by atoms with Crippen LogP contribution in [0.1, 0.15) is 17.5 Å². The fourth-order valence-corrected chi connectivity index (χ4v) is 4.07. The molecule has 1 fully saturated rings. The lowest BCUT2D eigenvalue weighted by molar-refractivity contribution is -0.132. The van der Waals surface area contributed by atoms with Crippen molar-refractivity contribution in [3.05, 3.63) is 59.7 Å². The largest absolute Gasteiger partial charge is 0.484 e. The Hall–Kier alpha value is -2.82. The Bertz CT molecular complexity index is 879. The van der Waals surface area contributed by atoms with Crippen LogP contribution in [0, 0.1) is 6.92 Å². The molecule has 0 radical (unpaired) electrons. The average Bonchev–Trinajstić information content (AvgIpc) is 3.18. The highest BCUT2D eigenvalue weighted by Crippen LogP contribution is 2.46. The van der Waals surface area contributed by atoms with Crippen LogP contribution in [-0.4, -0.2) is 43.5 Å². The number of hydrogen-bond donors (Lipinski definition) is 0. The highest BCUT2D eigenvalue weighted by atomic mass is 16.5. The van der Waals surface area contributed by atoms with Crippen molar-refractivity contribution in [2.24, 2.45) is 0 Å². The molecule has 1 unspecified atom stereocenters. The SMILES string of the molecule is Cc1cccc(OCC(=O)N2CCC3(C2)C(=O)N(C)c2ccccc23)c1. The predicted octanol–water partition coefficient (Wildman–Crippen LogP) is 2.52. The molecule has 0 saturated carbocycles. The molecule has 0 aromatic heterocycles. The Kier molecular flexibility index (Phi) is 3.94. The van der Waals surface area contributed by atoms with Gasteiger partial charge < -0.3 is 14.5 Å². The number of fused-ring (bicyclic) bond motifs is 2. The summed E-state index contributed by atoms with van der Waals surface area (Å²) in [7, 11) is 1.81. The summed E-state index contributed by atoms with van der Waals surface area (Å²) in [6.45, 7) is 2.97. The van der Waals surface area contributed by atoms with E-state index in [1.54, 1.807) is 16.8 Å². The second-order valence-electron chi connectivity index (χ2n) is 7.13. The van der Waals surface area contributed by atoms with E-state index in [2.05, 4.69) is 0 Å². The van der Waals surface area contributed by atoms with Gasteiger partial charge >= 0.3 is 0 Å². The summed E-state index contributed by atoms with van der Waals surface area (Å²) in [5.74, 6) is 0.686. The molecule has 5 nitrogen and oxygen atoms in total. The van der Waals surface area contributed by atoms with Crippen molar-refractivity contribution >= 4 is 17.5 Å². The lowest BCUT2D eigenvalue weighted by Gasteiger charge is -2.23. The molecule has 26 heavy (non-hydrogen) atoms. The molecule has 2 aliphatic heterocycles. The summed E-state index contributed by atoms with van der Waals surface area (Å²) >= 11 is 0. The molecule has 2 aromatic rings. The van der Waals surface area contributed by atoms with Gasteiger partial charge in [0.1, 0.15) is 5.75 Å². The number of likely N-dealkylation sites (tertiary alicyclic amines) is 1. The Morgan fingerprint density at radius 2 is 2.00 bits per heavy atom. The van der Waals surface area contributed by atoms with E-state index in [-0.39, 0.29) is 18.4 Å². The molecule has 1 spiro atoms. The van der Waals surface area contributed by atoms with Gasteiger partial charge in [-0.15, -0.1) is 0 Å². The molecule has 1 saturated heterocycles. The molecule has 5 heteroatoms. The van der Waals surface area contributed by atoms with Gasteiger partial charge in [-0.3, -0.25) is 9.59 Å². The Balaban J connectivity index is 1.48.